The fraction of sp³-hybridized carbons (Fsp3) is 0.500. The third kappa shape index (κ3) is 2.62. The Morgan fingerprint density at radius 3 is 2.93 bits per heavy atom. The highest BCUT2D eigenvalue weighted by Gasteiger charge is 2.25. The topological polar surface area (TPSA) is 50.4 Å². The second-order valence-electron chi connectivity index (χ2n) is 3.00. The lowest BCUT2D eigenvalue weighted by atomic mass is 10.0. The number of rotatable bonds is 4. The first-order chi connectivity index (χ1) is 6.66. The molecular formula is C10H14O3S. The van der Waals surface area contributed by atoms with Gasteiger partial charge in [0.15, 0.2) is 5.12 Å². The van der Waals surface area contributed by atoms with E-state index in [-0.39, 0.29) is 5.12 Å². The minimum atomic E-state index is -0.837. The minimum absolute atomic E-state index is 0.00333. The molecule has 0 aliphatic heterocycles. The molecule has 0 fully saturated rings. The minimum Gasteiger partial charge on any atom is -0.467 e. The molecule has 0 aliphatic rings. The van der Waals surface area contributed by atoms with Crippen LogP contribution in [0.5, 0.6) is 0 Å². The van der Waals surface area contributed by atoms with Crippen LogP contribution in [0.1, 0.15) is 25.7 Å². The van der Waals surface area contributed by atoms with Gasteiger partial charge in [-0.2, -0.15) is 0 Å². The van der Waals surface area contributed by atoms with Crippen LogP contribution in [-0.4, -0.2) is 16.0 Å². The van der Waals surface area contributed by atoms with E-state index in [2.05, 4.69) is 0 Å². The first kappa shape index (κ1) is 11.3. The van der Waals surface area contributed by atoms with E-state index in [0.29, 0.717) is 5.76 Å². The predicted molar refractivity (Wildman–Crippen MR) is 56.0 cm³/mol. The van der Waals surface area contributed by atoms with Crippen molar-refractivity contribution in [3.05, 3.63) is 24.2 Å². The van der Waals surface area contributed by atoms with Gasteiger partial charge < -0.3 is 9.52 Å². The van der Waals surface area contributed by atoms with Crippen LogP contribution in [0, 0.1) is 5.92 Å². The van der Waals surface area contributed by atoms with Gasteiger partial charge in [-0.25, -0.2) is 0 Å². The van der Waals surface area contributed by atoms with Gasteiger partial charge in [-0.3, -0.25) is 4.79 Å². The van der Waals surface area contributed by atoms with Crippen LogP contribution < -0.4 is 0 Å². The standard InChI is InChI=1S/C10H14O3S/c1-3-14-10(12)7(2)9(11)8-5-4-6-13-8/h4-7,9,11H,3H2,1-2H3/t7-,9+/m1/s1. The summed E-state index contributed by atoms with van der Waals surface area (Å²) in [5.74, 6) is 0.752. The van der Waals surface area contributed by atoms with Crippen LogP contribution in [0.15, 0.2) is 22.8 Å². The summed E-state index contributed by atoms with van der Waals surface area (Å²) in [6, 6.07) is 3.37. The summed E-state index contributed by atoms with van der Waals surface area (Å²) in [5, 5.41) is 9.74. The number of carbonyl (C=O) groups is 1. The first-order valence-corrected chi connectivity index (χ1v) is 5.53. The van der Waals surface area contributed by atoms with Crippen LogP contribution in [0.2, 0.25) is 0 Å². The molecule has 0 unspecified atom stereocenters. The molecule has 2 atom stereocenters. The second-order valence-corrected chi connectivity index (χ2v) is 4.27. The van der Waals surface area contributed by atoms with E-state index >= 15 is 0 Å². The lowest BCUT2D eigenvalue weighted by Gasteiger charge is -2.14. The van der Waals surface area contributed by atoms with Gasteiger partial charge in [-0.15, -0.1) is 0 Å². The molecule has 1 aromatic rings. The molecule has 0 amide bonds. The number of thioether (sulfide) groups is 1. The molecule has 1 rings (SSSR count). The van der Waals surface area contributed by atoms with Crippen molar-refractivity contribution >= 4 is 16.9 Å². The highest BCUT2D eigenvalue weighted by atomic mass is 32.2. The monoisotopic (exact) mass is 214 g/mol. The molecule has 1 aromatic heterocycles. The number of aliphatic hydroxyl groups excluding tert-OH is 1. The molecule has 78 valence electrons. The smallest absolute Gasteiger partial charge is 0.194 e. The Balaban J connectivity index is 2.61. The van der Waals surface area contributed by atoms with Crippen LogP contribution in [0.25, 0.3) is 0 Å². The molecule has 0 aliphatic carbocycles. The van der Waals surface area contributed by atoms with Gasteiger partial charge in [0.2, 0.25) is 0 Å². The summed E-state index contributed by atoms with van der Waals surface area (Å²) in [6.45, 7) is 3.62. The molecule has 4 heteroatoms. The Bertz CT molecular complexity index is 282. The molecule has 0 saturated heterocycles. The van der Waals surface area contributed by atoms with Gasteiger partial charge in [-0.05, 0) is 17.9 Å². The van der Waals surface area contributed by atoms with Gasteiger partial charge in [0, 0.05) is 0 Å². The maximum Gasteiger partial charge on any atom is 0.194 e. The zero-order valence-corrected chi connectivity index (χ0v) is 9.08. The van der Waals surface area contributed by atoms with E-state index in [1.165, 1.54) is 18.0 Å². The predicted octanol–water partition coefficient (Wildman–Crippen LogP) is 2.23. The van der Waals surface area contributed by atoms with Gasteiger partial charge in [0.05, 0.1) is 12.2 Å². The molecule has 0 saturated carbocycles. The van der Waals surface area contributed by atoms with Crippen molar-refractivity contribution in [3.8, 4) is 0 Å². The van der Waals surface area contributed by atoms with Gasteiger partial charge >= 0.3 is 0 Å². The fourth-order valence-corrected chi connectivity index (χ4v) is 1.78. The molecule has 0 spiro atoms. The van der Waals surface area contributed by atoms with Crippen LogP contribution in [0.3, 0.4) is 0 Å². The first-order valence-electron chi connectivity index (χ1n) is 4.55. The average molecular weight is 214 g/mol. The maximum absolute atomic E-state index is 11.4. The Labute approximate surface area is 87.5 Å². The fourth-order valence-electron chi connectivity index (χ4n) is 1.11. The quantitative estimate of drug-likeness (QED) is 0.835. The van der Waals surface area contributed by atoms with Crippen molar-refractivity contribution in [1.82, 2.24) is 0 Å². The number of hydrogen-bond acceptors (Lipinski definition) is 4. The van der Waals surface area contributed by atoms with Gasteiger partial charge in [0.25, 0.3) is 0 Å². The lowest BCUT2D eigenvalue weighted by molar-refractivity contribution is -0.117. The molecule has 3 nitrogen and oxygen atoms in total. The zero-order chi connectivity index (χ0) is 10.6. The van der Waals surface area contributed by atoms with Gasteiger partial charge in [-0.1, -0.05) is 25.6 Å². The van der Waals surface area contributed by atoms with Crippen molar-refractivity contribution in [2.24, 2.45) is 5.92 Å². The Morgan fingerprint density at radius 2 is 2.43 bits per heavy atom. The third-order valence-electron chi connectivity index (χ3n) is 1.97. The van der Waals surface area contributed by atoms with E-state index < -0.39 is 12.0 Å². The molecule has 0 aromatic carbocycles. The lowest BCUT2D eigenvalue weighted by Crippen LogP contribution is -2.16. The Kier molecular flexibility index (Phi) is 4.22. The summed E-state index contributed by atoms with van der Waals surface area (Å²) in [4.78, 5) is 11.4. The van der Waals surface area contributed by atoms with Crippen molar-refractivity contribution in [3.63, 3.8) is 0 Å². The van der Waals surface area contributed by atoms with E-state index in [4.69, 9.17) is 4.42 Å². The number of hydrogen-bond donors (Lipinski definition) is 1. The van der Waals surface area contributed by atoms with Crippen molar-refractivity contribution in [1.29, 1.82) is 0 Å². The summed E-state index contributed by atoms with van der Waals surface area (Å²) in [6.07, 6.45) is 0.652. The van der Waals surface area contributed by atoms with Crippen LogP contribution in [0.4, 0.5) is 0 Å². The average Bonchev–Trinajstić information content (AvgIpc) is 2.68. The molecule has 0 radical (unpaired) electrons. The van der Waals surface area contributed by atoms with Crippen molar-refractivity contribution in [2.75, 3.05) is 5.75 Å². The third-order valence-corrected chi connectivity index (χ3v) is 2.91. The van der Waals surface area contributed by atoms with Crippen molar-refractivity contribution in [2.45, 2.75) is 20.0 Å². The molecule has 1 N–H and O–H groups in total. The maximum atomic E-state index is 11.4. The summed E-state index contributed by atoms with van der Waals surface area (Å²) in [7, 11) is 0. The van der Waals surface area contributed by atoms with Gasteiger partial charge in [0.1, 0.15) is 11.9 Å². The molecule has 0 bridgehead atoms. The van der Waals surface area contributed by atoms with E-state index in [0.717, 1.165) is 5.75 Å². The normalized spacial score (nSPS) is 15.1. The number of carbonyl (C=O) groups excluding carboxylic acids is 1. The SMILES string of the molecule is CCSC(=O)[C@H](C)[C@H](O)c1ccco1. The summed E-state index contributed by atoms with van der Waals surface area (Å²) >= 11 is 1.22. The Morgan fingerprint density at radius 1 is 1.71 bits per heavy atom. The molecular weight excluding hydrogens is 200 g/mol. The van der Waals surface area contributed by atoms with Crippen molar-refractivity contribution < 1.29 is 14.3 Å². The highest BCUT2D eigenvalue weighted by Crippen LogP contribution is 2.26. The van der Waals surface area contributed by atoms with Crippen LogP contribution >= 0.6 is 11.8 Å². The Hall–Kier alpha value is -0.740. The molecule has 14 heavy (non-hydrogen) atoms. The van der Waals surface area contributed by atoms with E-state index in [1.54, 1.807) is 19.1 Å². The van der Waals surface area contributed by atoms with Crippen LogP contribution in [-0.2, 0) is 4.79 Å². The zero-order valence-electron chi connectivity index (χ0n) is 8.27. The summed E-state index contributed by atoms with van der Waals surface area (Å²) < 4.78 is 5.03. The van der Waals surface area contributed by atoms with E-state index in [1.807, 2.05) is 6.92 Å². The highest BCUT2D eigenvalue weighted by molar-refractivity contribution is 8.13. The number of aliphatic hydroxyl groups is 1. The van der Waals surface area contributed by atoms with E-state index in [9.17, 15) is 9.90 Å². The summed E-state index contributed by atoms with van der Waals surface area (Å²) in [5.41, 5.74) is 0. The molecule has 1 heterocycles. The largest absolute Gasteiger partial charge is 0.467 e. The number of furan rings is 1. The second kappa shape index (κ2) is 5.22.